The summed E-state index contributed by atoms with van der Waals surface area (Å²) in [6.07, 6.45) is 0. The third-order valence-corrected chi connectivity index (χ3v) is 3.15. The van der Waals surface area contributed by atoms with Gasteiger partial charge < -0.3 is 5.32 Å². The molecule has 1 atom stereocenters. The van der Waals surface area contributed by atoms with Gasteiger partial charge >= 0.3 is 6.03 Å². The number of imide groups is 1. The lowest BCUT2D eigenvalue weighted by molar-refractivity contribution is -0.133. The molecule has 106 valence electrons. The van der Waals surface area contributed by atoms with Gasteiger partial charge in [0, 0.05) is 0 Å². The van der Waals surface area contributed by atoms with Gasteiger partial charge in [0.25, 0.3) is 5.91 Å². The van der Waals surface area contributed by atoms with E-state index in [1.807, 2.05) is 0 Å². The van der Waals surface area contributed by atoms with Crippen molar-refractivity contribution in [2.24, 2.45) is 0 Å². The number of benzene rings is 1. The van der Waals surface area contributed by atoms with Crippen molar-refractivity contribution in [3.63, 3.8) is 0 Å². The molecular formula is C13H12F2N2O3. The van der Waals surface area contributed by atoms with Crippen molar-refractivity contribution in [2.45, 2.75) is 19.4 Å². The minimum absolute atomic E-state index is 0.112. The molecule has 0 spiro atoms. The molecule has 3 amide bonds. The van der Waals surface area contributed by atoms with Crippen molar-refractivity contribution in [2.75, 3.05) is 6.54 Å². The number of hydrogen-bond donors (Lipinski definition) is 1. The molecule has 1 aliphatic heterocycles. The molecule has 1 aromatic rings. The van der Waals surface area contributed by atoms with Gasteiger partial charge in [-0.2, -0.15) is 0 Å². The van der Waals surface area contributed by atoms with E-state index < -0.39 is 29.1 Å². The summed E-state index contributed by atoms with van der Waals surface area (Å²) in [5.41, 5.74) is -1.40. The number of hydrogen-bond acceptors (Lipinski definition) is 3. The number of carbonyl (C=O) groups is 3. The number of ketones is 1. The van der Waals surface area contributed by atoms with E-state index in [0.717, 1.165) is 17.0 Å². The van der Waals surface area contributed by atoms with Crippen LogP contribution in [0.15, 0.2) is 18.2 Å². The molecule has 20 heavy (non-hydrogen) atoms. The van der Waals surface area contributed by atoms with Crippen LogP contribution in [0.25, 0.3) is 0 Å². The van der Waals surface area contributed by atoms with Gasteiger partial charge in [0.2, 0.25) is 0 Å². The van der Waals surface area contributed by atoms with E-state index in [9.17, 15) is 23.2 Å². The number of rotatable bonds is 3. The first-order chi connectivity index (χ1) is 9.25. The SMILES string of the molecule is CC(=O)CN1C(=O)NC(C)(c2ccc(F)c(F)c2)C1=O. The maximum Gasteiger partial charge on any atom is 0.325 e. The summed E-state index contributed by atoms with van der Waals surface area (Å²) in [5, 5.41) is 2.39. The third-order valence-electron chi connectivity index (χ3n) is 3.15. The summed E-state index contributed by atoms with van der Waals surface area (Å²) >= 11 is 0. The topological polar surface area (TPSA) is 66.5 Å². The van der Waals surface area contributed by atoms with Crippen LogP contribution in [0.3, 0.4) is 0 Å². The zero-order valence-electron chi connectivity index (χ0n) is 10.9. The summed E-state index contributed by atoms with van der Waals surface area (Å²) in [6, 6.07) is 2.21. The van der Waals surface area contributed by atoms with Crippen LogP contribution in [0.1, 0.15) is 19.4 Å². The molecular weight excluding hydrogens is 270 g/mol. The Bertz CT molecular complexity index is 618. The number of halogens is 2. The van der Waals surface area contributed by atoms with Crippen LogP contribution in [0.5, 0.6) is 0 Å². The number of nitrogens with one attached hydrogen (secondary N) is 1. The second-order valence-corrected chi connectivity index (χ2v) is 4.78. The van der Waals surface area contributed by atoms with Gasteiger partial charge in [-0.3, -0.25) is 14.5 Å². The van der Waals surface area contributed by atoms with Crippen LogP contribution in [0.2, 0.25) is 0 Å². The summed E-state index contributed by atoms with van der Waals surface area (Å²) in [6.45, 7) is 2.26. The number of nitrogens with zero attached hydrogens (tertiary/aromatic N) is 1. The third kappa shape index (κ3) is 2.15. The summed E-state index contributed by atoms with van der Waals surface area (Å²) < 4.78 is 26.2. The Balaban J connectivity index is 2.40. The van der Waals surface area contributed by atoms with E-state index in [1.54, 1.807) is 0 Å². The fourth-order valence-electron chi connectivity index (χ4n) is 2.07. The van der Waals surface area contributed by atoms with E-state index in [2.05, 4.69) is 5.32 Å². The van der Waals surface area contributed by atoms with Crippen LogP contribution >= 0.6 is 0 Å². The number of carbonyl (C=O) groups excluding carboxylic acids is 3. The molecule has 7 heteroatoms. The van der Waals surface area contributed by atoms with Crippen LogP contribution in [-0.4, -0.2) is 29.2 Å². The van der Waals surface area contributed by atoms with Crippen molar-refractivity contribution < 1.29 is 23.2 Å². The van der Waals surface area contributed by atoms with Crippen LogP contribution in [0, 0.1) is 11.6 Å². The van der Waals surface area contributed by atoms with Gasteiger partial charge in [-0.05, 0) is 31.5 Å². The number of amides is 3. The van der Waals surface area contributed by atoms with E-state index >= 15 is 0 Å². The Labute approximate surface area is 113 Å². The van der Waals surface area contributed by atoms with E-state index in [4.69, 9.17) is 0 Å². The van der Waals surface area contributed by atoms with Crippen LogP contribution in [0.4, 0.5) is 13.6 Å². The number of urea groups is 1. The number of Topliss-reactive ketones (excluding diaryl/α,β-unsaturated/α-hetero) is 1. The minimum atomic E-state index is -1.51. The maximum absolute atomic E-state index is 13.3. The molecule has 0 radical (unpaired) electrons. The highest BCUT2D eigenvalue weighted by Crippen LogP contribution is 2.29. The summed E-state index contributed by atoms with van der Waals surface area (Å²) in [4.78, 5) is 35.8. The van der Waals surface area contributed by atoms with Crippen molar-refractivity contribution >= 4 is 17.7 Å². The summed E-state index contributed by atoms with van der Waals surface area (Å²) in [5.74, 6) is -3.20. The molecule has 0 bridgehead atoms. The van der Waals surface area contributed by atoms with Gasteiger partial charge in [-0.1, -0.05) is 6.07 Å². The molecule has 1 N–H and O–H groups in total. The van der Waals surface area contributed by atoms with Crippen LogP contribution < -0.4 is 5.32 Å². The van der Waals surface area contributed by atoms with Gasteiger partial charge in [0.15, 0.2) is 11.6 Å². The molecule has 2 rings (SSSR count). The molecule has 0 saturated carbocycles. The average Bonchev–Trinajstić information content (AvgIpc) is 2.57. The molecule has 1 aliphatic rings. The fourth-order valence-corrected chi connectivity index (χ4v) is 2.07. The normalized spacial score (nSPS) is 22.1. The zero-order chi connectivity index (χ0) is 15.1. The van der Waals surface area contributed by atoms with E-state index in [-0.39, 0.29) is 17.9 Å². The predicted octanol–water partition coefficient (Wildman–Crippen LogP) is 1.32. The van der Waals surface area contributed by atoms with E-state index in [1.165, 1.54) is 19.9 Å². The molecule has 0 aromatic heterocycles. The Hall–Kier alpha value is -2.31. The Morgan fingerprint density at radius 1 is 1.30 bits per heavy atom. The molecule has 1 fully saturated rings. The lowest BCUT2D eigenvalue weighted by Crippen LogP contribution is -2.41. The summed E-state index contributed by atoms with van der Waals surface area (Å²) in [7, 11) is 0. The highest BCUT2D eigenvalue weighted by molar-refractivity contribution is 6.09. The monoisotopic (exact) mass is 282 g/mol. The minimum Gasteiger partial charge on any atom is -0.319 e. The zero-order valence-corrected chi connectivity index (χ0v) is 10.9. The molecule has 5 nitrogen and oxygen atoms in total. The predicted molar refractivity (Wildman–Crippen MR) is 64.6 cm³/mol. The highest BCUT2D eigenvalue weighted by atomic mass is 19.2. The Morgan fingerprint density at radius 3 is 2.50 bits per heavy atom. The molecule has 1 heterocycles. The smallest absolute Gasteiger partial charge is 0.319 e. The first-order valence-corrected chi connectivity index (χ1v) is 5.85. The lowest BCUT2D eigenvalue weighted by Gasteiger charge is -2.22. The average molecular weight is 282 g/mol. The van der Waals surface area contributed by atoms with Gasteiger partial charge in [0.1, 0.15) is 11.3 Å². The van der Waals surface area contributed by atoms with Crippen molar-refractivity contribution in [1.29, 1.82) is 0 Å². The van der Waals surface area contributed by atoms with Gasteiger partial charge in [0.05, 0.1) is 6.54 Å². The van der Waals surface area contributed by atoms with Gasteiger partial charge in [-0.25, -0.2) is 13.6 Å². The first-order valence-electron chi connectivity index (χ1n) is 5.85. The molecule has 1 unspecified atom stereocenters. The lowest BCUT2D eigenvalue weighted by atomic mass is 9.92. The molecule has 1 aromatic carbocycles. The second-order valence-electron chi connectivity index (χ2n) is 4.78. The van der Waals surface area contributed by atoms with Crippen molar-refractivity contribution in [1.82, 2.24) is 10.2 Å². The van der Waals surface area contributed by atoms with Crippen molar-refractivity contribution in [3.05, 3.63) is 35.4 Å². The van der Waals surface area contributed by atoms with Crippen LogP contribution in [-0.2, 0) is 15.1 Å². The Kier molecular flexibility index (Phi) is 3.29. The quantitative estimate of drug-likeness (QED) is 0.850. The van der Waals surface area contributed by atoms with Crippen molar-refractivity contribution in [3.8, 4) is 0 Å². The first kappa shape index (κ1) is 14.1. The molecule has 1 saturated heterocycles. The Morgan fingerprint density at radius 2 is 1.95 bits per heavy atom. The standard InChI is InChI=1S/C13H12F2N2O3/c1-7(18)6-17-11(19)13(2,16-12(17)20)8-3-4-9(14)10(15)5-8/h3-5H,6H2,1-2H3,(H,16,20). The fraction of sp³-hybridized carbons (Fsp3) is 0.308. The highest BCUT2D eigenvalue weighted by Gasteiger charge is 2.49. The van der Waals surface area contributed by atoms with E-state index in [0.29, 0.717) is 0 Å². The van der Waals surface area contributed by atoms with Gasteiger partial charge in [-0.15, -0.1) is 0 Å². The largest absolute Gasteiger partial charge is 0.325 e. The second kappa shape index (κ2) is 4.66. The maximum atomic E-state index is 13.3. The molecule has 0 aliphatic carbocycles.